The van der Waals surface area contributed by atoms with E-state index in [0.29, 0.717) is 23.9 Å². The molecule has 0 radical (unpaired) electrons. The number of aromatic amines is 1. The second-order valence-electron chi connectivity index (χ2n) is 5.32. The van der Waals surface area contributed by atoms with Crippen molar-refractivity contribution in [3.8, 4) is 0 Å². The fourth-order valence-electron chi connectivity index (χ4n) is 2.21. The normalized spacial score (nSPS) is 11.4. The summed E-state index contributed by atoms with van der Waals surface area (Å²) in [6.45, 7) is 5.90. The van der Waals surface area contributed by atoms with E-state index < -0.39 is 0 Å². The lowest BCUT2D eigenvalue weighted by molar-refractivity contribution is 0.511. The van der Waals surface area contributed by atoms with Crippen molar-refractivity contribution in [2.45, 2.75) is 26.9 Å². The minimum absolute atomic E-state index is 0.202. The van der Waals surface area contributed by atoms with Crippen molar-refractivity contribution in [3.05, 3.63) is 24.5 Å². The zero-order valence-corrected chi connectivity index (χ0v) is 12.0. The first-order chi connectivity index (χ1) is 10.1. The van der Waals surface area contributed by atoms with Crippen LogP contribution in [0.25, 0.3) is 11.2 Å². The van der Waals surface area contributed by atoms with E-state index in [-0.39, 0.29) is 5.95 Å². The first-order valence-corrected chi connectivity index (χ1v) is 6.83. The van der Waals surface area contributed by atoms with Gasteiger partial charge in [0.25, 0.3) is 0 Å². The fourth-order valence-corrected chi connectivity index (χ4v) is 2.21. The van der Waals surface area contributed by atoms with Gasteiger partial charge in [0.1, 0.15) is 5.52 Å². The zero-order chi connectivity index (χ0) is 14.8. The second-order valence-corrected chi connectivity index (χ2v) is 5.32. The molecule has 0 spiro atoms. The minimum atomic E-state index is 0.202. The average Bonchev–Trinajstić information content (AvgIpc) is 3.04. The number of H-pyrrole nitrogens is 1. The topological polar surface area (TPSA) is 110 Å². The van der Waals surface area contributed by atoms with Crippen LogP contribution in [0.5, 0.6) is 0 Å². The number of hydrogen-bond acceptors (Lipinski definition) is 6. The van der Waals surface area contributed by atoms with Gasteiger partial charge in [-0.2, -0.15) is 9.97 Å². The number of nitrogens with two attached hydrogens (primary N) is 1. The third kappa shape index (κ3) is 2.78. The van der Waals surface area contributed by atoms with Crippen LogP contribution in [0.3, 0.4) is 0 Å². The van der Waals surface area contributed by atoms with Crippen LogP contribution in [0.4, 0.5) is 11.8 Å². The Bertz CT molecular complexity index is 742. The maximum Gasteiger partial charge on any atom is 0.224 e. The molecule has 4 N–H and O–H groups in total. The van der Waals surface area contributed by atoms with Crippen LogP contribution in [0, 0.1) is 5.92 Å². The number of nitrogen functional groups attached to an aromatic ring is 1. The van der Waals surface area contributed by atoms with Crippen LogP contribution in [-0.4, -0.2) is 29.5 Å². The van der Waals surface area contributed by atoms with Crippen molar-refractivity contribution in [1.29, 1.82) is 0 Å². The summed E-state index contributed by atoms with van der Waals surface area (Å²) >= 11 is 0. The number of rotatable bonds is 5. The summed E-state index contributed by atoms with van der Waals surface area (Å²) < 4.78 is 2.13. The van der Waals surface area contributed by atoms with Gasteiger partial charge in [-0.05, 0) is 5.92 Å². The van der Waals surface area contributed by atoms with E-state index in [0.717, 1.165) is 17.8 Å². The van der Waals surface area contributed by atoms with Crippen molar-refractivity contribution >= 4 is 22.9 Å². The Hall–Kier alpha value is -2.64. The molecule has 0 bridgehead atoms. The first kappa shape index (κ1) is 13.3. The molecule has 0 atom stereocenters. The Morgan fingerprint density at radius 1 is 1.38 bits per heavy atom. The zero-order valence-electron chi connectivity index (χ0n) is 12.0. The second kappa shape index (κ2) is 5.39. The lowest BCUT2D eigenvalue weighted by Gasteiger charge is -2.12. The summed E-state index contributed by atoms with van der Waals surface area (Å²) in [4.78, 5) is 19.6. The summed E-state index contributed by atoms with van der Waals surface area (Å²) in [5.41, 5.74) is 8.09. The lowest BCUT2D eigenvalue weighted by Crippen LogP contribution is -2.11. The van der Waals surface area contributed by atoms with Crippen molar-refractivity contribution in [3.63, 3.8) is 0 Å². The molecule has 3 heterocycles. The van der Waals surface area contributed by atoms with E-state index in [1.54, 1.807) is 6.33 Å². The van der Waals surface area contributed by atoms with Crippen LogP contribution >= 0.6 is 0 Å². The van der Waals surface area contributed by atoms with E-state index in [4.69, 9.17) is 5.73 Å². The number of nitrogens with zero attached hydrogens (tertiary/aromatic N) is 5. The van der Waals surface area contributed by atoms with Crippen molar-refractivity contribution in [2.75, 3.05) is 11.1 Å². The molecule has 0 aliphatic rings. The molecule has 0 fully saturated rings. The van der Waals surface area contributed by atoms with E-state index in [2.05, 4.69) is 48.7 Å². The average molecular weight is 286 g/mol. The van der Waals surface area contributed by atoms with E-state index in [9.17, 15) is 0 Å². The number of anilines is 2. The molecule has 21 heavy (non-hydrogen) atoms. The predicted octanol–water partition coefficient (Wildman–Crippen LogP) is 1.40. The molecule has 0 unspecified atom stereocenters. The van der Waals surface area contributed by atoms with Gasteiger partial charge in [0.05, 0.1) is 24.9 Å². The number of hydrogen-bond donors (Lipinski definition) is 3. The standard InChI is InChI=1S/C13H18N8/c1-8(2)5-21-7-15-3-9(21)4-16-11-10-12(18-6-17-10)20-13(14)19-11/h3,6-8H,4-5H2,1-2H3,(H4,14,16,17,18,19,20). The smallest absolute Gasteiger partial charge is 0.224 e. The van der Waals surface area contributed by atoms with Crippen LogP contribution < -0.4 is 11.1 Å². The third-order valence-corrected chi connectivity index (χ3v) is 3.10. The third-order valence-electron chi connectivity index (χ3n) is 3.10. The molecular weight excluding hydrogens is 268 g/mol. The number of nitrogens with one attached hydrogen (secondary N) is 2. The summed E-state index contributed by atoms with van der Waals surface area (Å²) in [5.74, 6) is 1.41. The van der Waals surface area contributed by atoms with Gasteiger partial charge >= 0.3 is 0 Å². The quantitative estimate of drug-likeness (QED) is 0.654. The highest BCUT2D eigenvalue weighted by Gasteiger charge is 2.10. The number of fused-ring (bicyclic) bond motifs is 1. The van der Waals surface area contributed by atoms with Gasteiger partial charge in [0, 0.05) is 12.7 Å². The first-order valence-electron chi connectivity index (χ1n) is 6.83. The molecule has 0 amide bonds. The fraction of sp³-hybridized carbons (Fsp3) is 0.385. The number of aromatic nitrogens is 6. The Kier molecular flexibility index (Phi) is 3.43. The number of imidazole rings is 2. The largest absolute Gasteiger partial charge is 0.368 e. The van der Waals surface area contributed by atoms with Crippen molar-refractivity contribution in [1.82, 2.24) is 29.5 Å². The Balaban J connectivity index is 1.81. The van der Waals surface area contributed by atoms with E-state index >= 15 is 0 Å². The molecular formula is C13H18N8. The summed E-state index contributed by atoms with van der Waals surface area (Å²) in [5, 5.41) is 3.27. The molecule has 0 aliphatic heterocycles. The summed E-state index contributed by atoms with van der Waals surface area (Å²) in [6.07, 6.45) is 5.27. The van der Waals surface area contributed by atoms with Gasteiger partial charge in [-0.3, -0.25) is 0 Å². The summed E-state index contributed by atoms with van der Waals surface area (Å²) in [7, 11) is 0. The highest BCUT2D eigenvalue weighted by molar-refractivity contribution is 5.83. The van der Waals surface area contributed by atoms with Gasteiger partial charge in [-0.25, -0.2) is 9.97 Å². The Labute approximate surface area is 121 Å². The molecule has 0 aromatic carbocycles. The van der Waals surface area contributed by atoms with E-state index in [1.165, 1.54) is 0 Å². The molecule has 0 saturated heterocycles. The van der Waals surface area contributed by atoms with Crippen LogP contribution in [-0.2, 0) is 13.1 Å². The van der Waals surface area contributed by atoms with Gasteiger partial charge < -0.3 is 20.6 Å². The predicted molar refractivity (Wildman–Crippen MR) is 80.5 cm³/mol. The van der Waals surface area contributed by atoms with Crippen LogP contribution in [0.1, 0.15) is 19.5 Å². The molecule has 3 rings (SSSR count). The Morgan fingerprint density at radius 3 is 3.05 bits per heavy atom. The van der Waals surface area contributed by atoms with Crippen molar-refractivity contribution < 1.29 is 0 Å². The molecule has 3 aromatic rings. The Morgan fingerprint density at radius 2 is 2.24 bits per heavy atom. The minimum Gasteiger partial charge on any atom is -0.368 e. The SMILES string of the molecule is CC(C)Cn1cncc1CNc1nc(N)nc2nc[nH]c12. The lowest BCUT2D eigenvalue weighted by atomic mass is 10.2. The van der Waals surface area contributed by atoms with Gasteiger partial charge in [0.2, 0.25) is 5.95 Å². The molecule has 3 aromatic heterocycles. The maximum atomic E-state index is 5.69. The highest BCUT2D eigenvalue weighted by Crippen LogP contribution is 2.18. The highest BCUT2D eigenvalue weighted by atomic mass is 15.1. The molecule has 0 saturated carbocycles. The molecule has 8 nitrogen and oxygen atoms in total. The van der Waals surface area contributed by atoms with Gasteiger partial charge in [0.15, 0.2) is 11.5 Å². The van der Waals surface area contributed by atoms with Gasteiger partial charge in [-0.1, -0.05) is 13.8 Å². The van der Waals surface area contributed by atoms with Crippen LogP contribution in [0.15, 0.2) is 18.9 Å². The molecule has 110 valence electrons. The van der Waals surface area contributed by atoms with Gasteiger partial charge in [-0.15, -0.1) is 0 Å². The summed E-state index contributed by atoms with van der Waals surface area (Å²) in [6, 6.07) is 0. The van der Waals surface area contributed by atoms with E-state index in [1.807, 2.05) is 12.5 Å². The monoisotopic (exact) mass is 286 g/mol. The van der Waals surface area contributed by atoms with Crippen molar-refractivity contribution in [2.24, 2.45) is 5.92 Å². The molecule has 8 heteroatoms. The van der Waals surface area contributed by atoms with Crippen LogP contribution in [0.2, 0.25) is 0 Å². The maximum absolute atomic E-state index is 5.69. The molecule has 0 aliphatic carbocycles.